The normalized spacial score (nSPS) is 17.5. The van der Waals surface area contributed by atoms with Crippen LogP contribution >= 0.6 is 0 Å². The third-order valence-corrected chi connectivity index (χ3v) is 4.50. The van der Waals surface area contributed by atoms with Crippen molar-refractivity contribution in [1.82, 2.24) is 10.3 Å². The van der Waals surface area contributed by atoms with Crippen LogP contribution < -0.4 is 16.0 Å². The number of pyridine rings is 1. The zero-order valence-corrected chi connectivity index (χ0v) is 13.9. The van der Waals surface area contributed by atoms with E-state index < -0.39 is 4.92 Å². The molecule has 1 atom stereocenters. The first-order valence-electron chi connectivity index (χ1n) is 8.36. The van der Waals surface area contributed by atoms with Gasteiger partial charge in [-0.1, -0.05) is 0 Å². The largest absolute Gasteiger partial charge is 0.369 e. The lowest BCUT2D eigenvalue weighted by Crippen LogP contribution is -2.44. The van der Waals surface area contributed by atoms with Gasteiger partial charge in [-0.15, -0.1) is 0 Å². The van der Waals surface area contributed by atoms with Gasteiger partial charge >= 0.3 is 0 Å². The van der Waals surface area contributed by atoms with E-state index in [0.29, 0.717) is 30.5 Å². The quantitative estimate of drug-likeness (QED) is 0.627. The highest BCUT2D eigenvalue weighted by molar-refractivity contribution is 5.97. The Morgan fingerprint density at radius 3 is 3.04 bits per heavy atom. The van der Waals surface area contributed by atoms with Crippen molar-refractivity contribution in [2.24, 2.45) is 11.7 Å². The van der Waals surface area contributed by atoms with Crippen LogP contribution in [0.1, 0.15) is 12.8 Å². The molecule has 0 aliphatic carbocycles. The number of carbonyl (C=O) groups is 1. The molecule has 1 aliphatic rings. The Morgan fingerprint density at radius 2 is 2.28 bits per heavy atom. The van der Waals surface area contributed by atoms with Crippen LogP contribution in [0.2, 0.25) is 0 Å². The van der Waals surface area contributed by atoms with Gasteiger partial charge in [0.2, 0.25) is 5.91 Å². The number of hydrogen-bond acceptors (Lipinski definition) is 6. The molecule has 132 valence electrons. The van der Waals surface area contributed by atoms with Gasteiger partial charge in [-0.2, -0.15) is 0 Å². The van der Waals surface area contributed by atoms with Crippen molar-refractivity contribution >= 4 is 28.2 Å². The Hall–Kier alpha value is -2.74. The Kier molecular flexibility index (Phi) is 5.08. The number of rotatable bonds is 5. The number of hydrogen-bond donors (Lipinski definition) is 2. The Bertz CT molecular complexity index is 795. The highest BCUT2D eigenvalue weighted by Crippen LogP contribution is 2.34. The number of benzene rings is 1. The molecular formula is C17H21N5O3. The summed E-state index contributed by atoms with van der Waals surface area (Å²) in [6.45, 7) is 2.25. The van der Waals surface area contributed by atoms with E-state index in [0.717, 1.165) is 25.1 Å². The van der Waals surface area contributed by atoms with E-state index in [1.807, 2.05) is 0 Å². The zero-order chi connectivity index (χ0) is 17.8. The zero-order valence-electron chi connectivity index (χ0n) is 13.9. The summed E-state index contributed by atoms with van der Waals surface area (Å²) < 4.78 is 0. The molecule has 0 saturated carbocycles. The number of amides is 1. The van der Waals surface area contributed by atoms with E-state index in [-0.39, 0.29) is 17.5 Å². The number of nitrogens with zero attached hydrogens (tertiary/aromatic N) is 3. The molecule has 1 saturated heterocycles. The number of aromatic nitrogens is 1. The Labute approximate surface area is 145 Å². The number of nitro benzene ring substituents is 1. The molecule has 3 rings (SSSR count). The lowest BCUT2D eigenvalue weighted by Gasteiger charge is -2.34. The van der Waals surface area contributed by atoms with Gasteiger partial charge in [-0.3, -0.25) is 19.9 Å². The molecule has 0 radical (unpaired) electrons. The Balaban J connectivity index is 1.90. The molecule has 0 bridgehead atoms. The van der Waals surface area contributed by atoms with Gasteiger partial charge < -0.3 is 16.0 Å². The summed E-state index contributed by atoms with van der Waals surface area (Å²) in [4.78, 5) is 29.5. The standard InChI is InChI=1S/C17H21N5O3/c18-7-9-20-17(23)12-3-2-10-21(11-12)15-6-5-14(22(24)25)13-4-1-8-19-16(13)15/h1,4-6,8,12H,2-3,7,9-11,18H2,(H,20,23). The van der Waals surface area contributed by atoms with Crippen LogP contribution in [0, 0.1) is 16.0 Å². The van der Waals surface area contributed by atoms with Gasteiger partial charge in [-0.05, 0) is 31.0 Å². The van der Waals surface area contributed by atoms with Gasteiger partial charge in [0.1, 0.15) is 5.52 Å². The van der Waals surface area contributed by atoms with Gasteiger partial charge in [0, 0.05) is 38.4 Å². The fraction of sp³-hybridized carbons (Fsp3) is 0.412. The van der Waals surface area contributed by atoms with Crippen LogP contribution in [0.3, 0.4) is 0 Å². The van der Waals surface area contributed by atoms with Crippen LogP contribution in [-0.2, 0) is 4.79 Å². The number of nitro groups is 1. The number of carbonyl (C=O) groups excluding carboxylic acids is 1. The first kappa shape index (κ1) is 17.1. The number of fused-ring (bicyclic) bond motifs is 1. The van der Waals surface area contributed by atoms with E-state index in [9.17, 15) is 14.9 Å². The minimum absolute atomic E-state index is 0.00864. The third kappa shape index (κ3) is 3.53. The van der Waals surface area contributed by atoms with Crippen molar-refractivity contribution in [2.75, 3.05) is 31.1 Å². The van der Waals surface area contributed by atoms with E-state index in [2.05, 4.69) is 15.2 Å². The van der Waals surface area contributed by atoms with Crippen molar-refractivity contribution in [3.8, 4) is 0 Å². The molecule has 1 unspecified atom stereocenters. The summed E-state index contributed by atoms with van der Waals surface area (Å²) in [5, 5.41) is 14.6. The van der Waals surface area contributed by atoms with Gasteiger partial charge in [0.25, 0.3) is 5.69 Å². The summed E-state index contributed by atoms with van der Waals surface area (Å²) in [5.74, 6) is -0.108. The minimum Gasteiger partial charge on any atom is -0.369 e. The summed E-state index contributed by atoms with van der Waals surface area (Å²) in [6, 6.07) is 6.64. The average Bonchev–Trinajstić information content (AvgIpc) is 2.65. The summed E-state index contributed by atoms with van der Waals surface area (Å²) >= 11 is 0. The lowest BCUT2D eigenvalue weighted by molar-refractivity contribution is -0.383. The Morgan fingerprint density at radius 1 is 1.44 bits per heavy atom. The van der Waals surface area contributed by atoms with Crippen molar-refractivity contribution in [3.63, 3.8) is 0 Å². The number of piperidine rings is 1. The maximum absolute atomic E-state index is 12.2. The van der Waals surface area contributed by atoms with Crippen LogP contribution in [0.25, 0.3) is 10.9 Å². The van der Waals surface area contributed by atoms with Crippen LogP contribution in [0.4, 0.5) is 11.4 Å². The smallest absolute Gasteiger partial charge is 0.278 e. The van der Waals surface area contributed by atoms with E-state index in [1.165, 1.54) is 6.07 Å². The molecule has 2 aromatic rings. The molecule has 1 aromatic carbocycles. The minimum atomic E-state index is -0.396. The summed E-state index contributed by atoms with van der Waals surface area (Å²) in [6.07, 6.45) is 3.34. The van der Waals surface area contributed by atoms with E-state index in [1.54, 1.807) is 24.4 Å². The molecule has 1 fully saturated rings. The maximum atomic E-state index is 12.2. The number of anilines is 1. The van der Waals surface area contributed by atoms with Crippen molar-refractivity contribution in [1.29, 1.82) is 0 Å². The molecule has 0 spiro atoms. The molecule has 1 aliphatic heterocycles. The fourth-order valence-corrected chi connectivity index (χ4v) is 3.31. The second-order valence-electron chi connectivity index (χ2n) is 6.13. The predicted octanol–water partition coefficient (Wildman–Crippen LogP) is 1.43. The molecule has 8 nitrogen and oxygen atoms in total. The number of nitrogens with one attached hydrogen (secondary N) is 1. The first-order valence-corrected chi connectivity index (χ1v) is 8.36. The fourth-order valence-electron chi connectivity index (χ4n) is 3.31. The summed E-state index contributed by atoms with van der Waals surface area (Å²) in [5.41, 5.74) is 6.91. The maximum Gasteiger partial charge on any atom is 0.278 e. The van der Waals surface area contributed by atoms with Crippen LogP contribution in [-0.4, -0.2) is 42.0 Å². The second kappa shape index (κ2) is 7.43. The van der Waals surface area contributed by atoms with Crippen molar-refractivity contribution < 1.29 is 9.72 Å². The highest BCUT2D eigenvalue weighted by Gasteiger charge is 2.27. The second-order valence-corrected chi connectivity index (χ2v) is 6.13. The molecule has 1 aromatic heterocycles. The molecule has 8 heteroatoms. The molecule has 1 amide bonds. The highest BCUT2D eigenvalue weighted by atomic mass is 16.6. The van der Waals surface area contributed by atoms with Crippen molar-refractivity contribution in [2.45, 2.75) is 12.8 Å². The van der Waals surface area contributed by atoms with Crippen LogP contribution in [0.5, 0.6) is 0 Å². The van der Waals surface area contributed by atoms with E-state index >= 15 is 0 Å². The summed E-state index contributed by atoms with van der Waals surface area (Å²) in [7, 11) is 0. The average molecular weight is 343 g/mol. The van der Waals surface area contributed by atoms with Gasteiger partial charge in [-0.25, -0.2) is 0 Å². The molecular weight excluding hydrogens is 322 g/mol. The topological polar surface area (TPSA) is 114 Å². The monoisotopic (exact) mass is 343 g/mol. The van der Waals surface area contributed by atoms with Crippen LogP contribution in [0.15, 0.2) is 30.5 Å². The van der Waals surface area contributed by atoms with Gasteiger partial charge in [0.15, 0.2) is 0 Å². The van der Waals surface area contributed by atoms with Crippen molar-refractivity contribution in [3.05, 3.63) is 40.6 Å². The SMILES string of the molecule is NCCNC(=O)C1CCCN(c2ccc([N+](=O)[O-])c3cccnc23)C1. The van der Waals surface area contributed by atoms with Gasteiger partial charge in [0.05, 0.1) is 21.9 Å². The third-order valence-electron chi connectivity index (χ3n) is 4.50. The van der Waals surface area contributed by atoms with E-state index in [4.69, 9.17) is 5.73 Å². The lowest BCUT2D eigenvalue weighted by atomic mass is 9.96. The predicted molar refractivity (Wildman–Crippen MR) is 95.4 cm³/mol. The molecule has 2 heterocycles. The number of nitrogens with two attached hydrogens (primary N) is 1. The number of non-ortho nitro benzene ring substituents is 1. The molecule has 25 heavy (non-hydrogen) atoms. The molecule has 3 N–H and O–H groups in total. The first-order chi connectivity index (χ1) is 12.1.